The number of hydrogen-bond donors (Lipinski definition) is 1. The molecule has 114 valence electrons. The number of aromatic nitrogens is 2. The molecule has 1 aliphatic rings. The summed E-state index contributed by atoms with van der Waals surface area (Å²) >= 11 is 0. The number of nitrogens with zero attached hydrogens (tertiary/aromatic N) is 3. The van der Waals surface area contributed by atoms with Crippen molar-refractivity contribution in [2.75, 3.05) is 26.2 Å². The molecular formula is C16H30N4. The lowest BCUT2D eigenvalue weighted by molar-refractivity contribution is 0.198. The minimum Gasteiger partial charge on any atom is -0.317 e. The second kappa shape index (κ2) is 7.79. The van der Waals surface area contributed by atoms with E-state index in [-0.39, 0.29) is 0 Å². The van der Waals surface area contributed by atoms with Gasteiger partial charge in [-0.2, -0.15) is 5.10 Å². The molecular weight excluding hydrogens is 248 g/mol. The number of rotatable bonds is 7. The summed E-state index contributed by atoms with van der Waals surface area (Å²) < 4.78 is 1.96. The van der Waals surface area contributed by atoms with Crippen molar-refractivity contribution in [3.63, 3.8) is 0 Å². The van der Waals surface area contributed by atoms with Gasteiger partial charge in [0, 0.05) is 31.9 Å². The summed E-state index contributed by atoms with van der Waals surface area (Å²) in [5.41, 5.74) is 2.68. The van der Waals surface area contributed by atoms with E-state index in [9.17, 15) is 0 Å². The average Bonchev–Trinajstić information content (AvgIpc) is 2.80. The van der Waals surface area contributed by atoms with Crippen LogP contribution in [0.5, 0.6) is 0 Å². The molecule has 0 radical (unpaired) electrons. The highest BCUT2D eigenvalue weighted by atomic mass is 15.3. The molecule has 4 heteroatoms. The van der Waals surface area contributed by atoms with Gasteiger partial charge in [0.2, 0.25) is 0 Å². The molecule has 1 aromatic heterocycles. The van der Waals surface area contributed by atoms with Crippen molar-refractivity contribution in [2.24, 2.45) is 13.0 Å². The Morgan fingerprint density at radius 2 is 2.10 bits per heavy atom. The quantitative estimate of drug-likeness (QED) is 0.830. The van der Waals surface area contributed by atoms with E-state index >= 15 is 0 Å². The van der Waals surface area contributed by atoms with Crippen LogP contribution in [0.2, 0.25) is 0 Å². The zero-order chi connectivity index (χ0) is 14.4. The molecule has 20 heavy (non-hydrogen) atoms. The molecule has 2 rings (SSSR count). The lowest BCUT2D eigenvalue weighted by Gasteiger charge is -2.29. The Hall–Kier alpha value is -0.870. The summed E-state index contributed by atoms with van der Waals surface area (Å²) in [7, 11) is 2.03. The number of piperidine rings is 1. The standard InChI is InChI=1S/C16H30N4/c1-4-10-20(11-14-6-8-17-9-7-14)13-15-12-19(3)18-16(15)5-2/h12,14,17H,4-11,13H2,1-3H3. The lowest BCUT2D eigenvalue weighted by Crippen LogP contribution is -2.36. The van der Waals surface area contributed by atoms with Gasteiger partial charge in [0.15, 0.2) is 0 Å². The Morgan fingerprint density at radius 3 is 2.75 bits per heavy atom. The van der Waals surface area contributed by atoms with Crippen LogP contribution in [0.1, 0.15) is 44.4 Å². The van der Waals surface area contributed by atoms with Crippen LogP contribution in [0.25, 0.3) is 0 Å². The van der Waals surface area contributed by atoms with Crippen molar-refractivity contribution in [2.45, 2.75) is 46.1 Å². The van der Waals surface area contributed by atoms with Crippen LogP contribution in [-0.2, 0) is 20.0 Å². The summed E-state index contributed by atoms with van der Waals surface area (Å²) in [5, 5.41) is 8.03. The molecule has 0 unspecified atom stereocenters. The highest BCUT2D eigenvalue weighted by Crippen LogP contribution is 2.17. The van der Waals surface area contributed by atoms with Crippen LogP contribution in [-0.4, -0.2) is 40.9 Å². The van der Waals surface area contributed by atoms with Crippen LogP contribution in [0.4, 0.5) is 0 Å². The van der Waals surface area contributed by atoms with Gasteiger partial charge in [0.25, 0.3) is 0 Å². The molecule has 0 spiro atoms. The van der Waals surface area contributed by atoms with E-state index in [0.29, 0.717) is 0 Å². The molecule has 0 aromatic carbocycles. The van der Waals surface area contributed by atoms with Crippen LogP contribution in [0.3, 0.4) is 0 Å². The van der Waals surface area contributed by atoms with Crippen molar-refractivity contribution in [1.29, 1.82) is 0 Å². The first-order chi connectivity index (χ1) is 9.72. The lowest BCUT2D eigenvalue weighted by atomic mass is 9.97. The van der Waals surface area contributed by atoms with E-state index < -0.39 is 0 Å². The molecule has 0 atom stereocenters. The summed E-state index contributed by atoms with van der Waals surface area (Å²) in [4.78, 5) is 2.63. The summed E-state index contributed by atoms with van der Waals surface area (Å²) in [6, 6.07) is 0. The van der Waals surface area contributed by atoms with E-state index in [4.69, 9.17) is 0 Å². The van der Waals surface area contributed by atoms with Crippen LogP contribution in [0.15, 0.2) is 6.20 Å². The number of aryl methyl sites for hydroxylation is 2. The maximum atomic E-state index is 4.57. The van der Waals surface area contributed by atoms with Gasteiger partial charge in [-0.25, -0.2) is 0 Å². The molecule has 0 aliphatic carbocycles. The second-order valence-corrected chi connectivity index (χ2v) is 6.06. The van der Waals surface area contributed by atoms with Crippen LogP contribution >= 0.6 is 0 Å². The molecule has 4 nitrogen and oxygen atoms in total. The predicted octanol–water partition coefficient (Wildman–Crippen LogP) is 2.19. The highest BCUT2D eigenvalue weighted by Gasteiger charge is 2.18. The Bertz CT molecular complexity index is 393. The molecule has 1 fully saturated rings. The van der Waals surface area contributed by atoms with Crippen molar-refractivity contribution in [3.05, 3.63) is 17.5 Å². The molecule has 2 heterocycles. The summed E-state index contributed by atoms with van der Waals surface area (Å²) in [6.45, 7) is 10.4. The fourth-order valence-electron chi connectivity index (χ4n) is 3.23. The monoisotopic (exact) mass is 278 g/mol. The van der Waals surface area contributed by atoms with Crippen LogP contribution in [0, 0.1) is 5.92 Å². The first-order valence-corrected chi connectivity index (χ1v) is 8.17. The zero-order valence-electron chi connectivity index (χ0n) is 13.4. The normalized spacial score (nSPS) is 17.0. The van der Waals surface area contributed by atoms with Gasteiger partial charge in [0.1, 0.15) is 0 Å². The van der Waals surface area contributed by atoms with Gasteiger partial charge < -0.3 is 5.32 Å². The largest absolute Gasteiger partial charge is 0.317 e. The van der Waals surface area contributed by atoms with Crippen molar-refractivity contribution in [1.82, 2.24) is 20.0 Å². The van der Waals surface area contributed by atoms with Crippen molar-refractivity contribution >= 4 is 0 Å². The zero-order valence-corrected chi connectivity index (χ0v) is 13.4. The smallest absolute Gasteiger partial charge is 0.0666 e. The van der Waals surface area contributed by atoms with E-state index in [1.165, 1.54) is 56.7 Å². The second-order valence-electron chi connectivity index (χ2n) is 6.06. The average molecular weight is 278 g/mol. The third kappa shape index (κ3) is 4.32. The Morgan fingerprint density at radius 1 is 1.35 bits per heavy atom. The summed E-state index contributed by atoms with van der Waals surface area (Å²) in [6.07, 6.45) is 7.11. The Labute approximate surface area is 123 Å². The van der Waals surface area contributed by atoms with Crippen LogP contribution < -0.4 is 5.32 Å². The Balaban J connectivity index is 1.96. The Kier molecular flexibility index (Phi) is 6.05. The first kappa shape index (κ1) is 15.5. The summed E-state index contributed by atoms with van der Waals surface area (Å²) in [5.74, 6) is 0.865. The van der Waals surface area contributed by atoms with E-state index in [2.05, 4.69) is 35.4 Å². The SMILES string of the molecule is CCCN(Cc1cn(C)nc1CC)CC1CCNCC1. The van der Waals surface area contributed by atoms with Gasteiger partial charge >= 0.3 is 0 Å². The third-order valence-electron chi connectivity index (χ3n) is 4.24. The van der Waals surface area contributed by atoms with E-state index in [1.54, 1.807) is 0 Å². The van der Waals surface area contributed by atoms with Gasteiger partial charge in [-0.05, 0) is 51.2 Å². The fourth-order valence-corrected chi connectivity index (χ4v) is 3.23. The van der Waals surface area contributed by atoms with E-state index in [1.807, 2.05) is 11.7 Å². The molecule has 1 aromatic rings. The fraction of sp³-hybridized carbons (Fsp3) is 0.812. The minimum absolute atomic E-state index is 0.865. The van der Waals surface area contributed by atoms with Gasteiger partial charge in [-0.1, -0.05) is 13.8 Å². The molecule has 1 saturated heterocycles. The molecule has 0 amide bonds. The first-order valence-electron chi connectivity index (χ1n) is 8.17. The molecule has 0 saturated carbocycles. The minimum atomic E-state index is 0.865. The van der Waals surface area contributed by atoms with Gasteiger partial charge in [-0.15, -0.1) is 0 Å². The molecule has 0 bridgehead atoms. The molecule has 1 N–H and O–H groups in total. The van der Waals surface area contributed by atoms with Crippen molar-refractivity contribution in [3.8, 4) is 0 Å². The maximum Gasteiger partial charge on any atom is 0.0666 e. The predicted molar refractivity (Wildman–Crippen MR) is 83.7 cm³/mol. The number of hydrogen-bond acceptors (Lipinski definition) is 3. The topological polar surface area (TPSA) is 33.1 Å². The van der Waals surface area contributed by atoms with Crippen molar-refractivity contribution < 1.29 is 0 Å². The number of nitrogens with one attached hydrogen (secondary N) is 1. The van der Waals surface area contributed by atoms with Gasteiger partial charge in [-0.3, -0.25) is 9.58 Å². The molecule has 1 aliphatic heterocycles. The maximum absolute atomic E-state index is 4.57. The highest BCUT2D eigenvalue weighted by molar-refractivity contribution is 5.16. The van der Waals surface area contributed by atoms with E-state index in [0.717, 1.165) is 18.9 Å². The van der Waals surface area contributed by atoms with Gasteiger partial charge in [0.05, 0.1) is 5.69 Å². The third-order valence-corrected chi connectivity index (χ3v) is 4.24.